The first-order valence-corrected chi connectivity index (χ1v) is 8.95. The summed E-state index contributed by atoms with van der Waals surface area (Å²) in [5.74, 6) is 1.09. The lowest BCUT2D eigenvalue weighted by molar-refractivity contribution is -0.117. The number of fused-ring (bicyclic) bond motifs is 1. The summed E-state index contributed by atoms with van der Waals surface area (Å²) in [5.41, 5.74) is 1.03. The van der Waals surface area contributed by atoms with E-state index >= 15 is 0 Å². The Bertz CT molecular complexity index is 1090. The van der Waals surface area contributed by atoms with Gasteiger partial charge in [0.2, 0.25) is 12.7 Å². The molecule has 3 aromatic rings. The first-order chi connectivity index (χ1) is 13.6. The molecule has 1 atom stereocenters. The summed E-state index contributed by atoms with van der Waals surface area (Å²) in [6.07, 6.45) is 0.187. The third kappa shape index (κ3) is 2.86. The molecule has 3 heterocycles. The highest BCUT2D eigenvalue weighted by molar-refractivity contribution is 6.33. The summed E-state index contributed by atoms with van der Waals surface area (Å²) in [4.78, 5) is 18.3. The zero-order chi connectivity index (χ0) is 19.3. The number of hydrogen-bond acceptors (Lipinski definition) is 6. The molecule has 2 aliphatic rings. The molecule has 0 bridgehead atoms. The first kappa shape index (κ1) is 17.0. The lowest BCUT2D eigenvalue weighted by atomic mass is 10.1. The molecule has 28 heavy (non-hydrogen) atoms. The van der Waals surface area contributed by atoms with E-state index in [9.17, 15) is 9.18 Å². The van der Waals surface area contributed by atoms with Gasteiger partial charge >= 0.3 is 0 Å². The van der Waals surface area contributed by atoms with Crippen molar-refractivity contribution in [1.82, 2.24) is 10.1 Å². The van der Waals surface area contributed by atoms with Crippen molar-refractivity contribution in [2.24, 2.45) is 0 Å². The molecule has 9 heteroatoms. The zero-order valence-corrected chi connectivity index (χ0v) is 15.1. The monoisotopic (exact) mass is 401 g/mol. The van der Waals surface area contributed by atoms with E-state index in [0.717, 1.165) is 0 Å². The van der Waals surface area contributed by atoms with Gasteiger partial charge in [0.15, 0.2) is 17.3 Å². The van der Waals surface area contributed by atoms with E-state index in [-0.39, 0.29) is 25.0 Å². The second-order valence-electron chi connectivity index (χ2n) is 6.53. The van der Waals surface area contributed by atoms with Gasteiger partial charge in [-0.2, -0.15) is 4.98 Å². The number of anilines is 1. The molecule has 0 N–H and O–H groups in total. The standard InChI is InChI=1S/C19H13ClFN3O4/c20-13-3-2-12(21)7-14(13)24-8-11(6-17(24)25)18-22-19(28-23-18)10-1-4-15-16(5-10)27-9-26-15/h1-5,7,11H,6,8-9H2. The van der Waals surface area contributed by atoms with Gasteiger partial charge < -0.3 is 18.9 Å². The van der Waals surface area contributed by atoms with Gasteiger partial charge in [0, 0.05) is 24.4 Å². The predicted molar refractivity (Wildman–Crippen MR) is 97.0 cm³/mol. The van der Waals surface area contributed by atoms with Crippen molar-refractivity contribution < 1.29 is 23.2 Å². The molecule has 1 amide bonds. The Morgan fingerprint density at radius 2 is 2.00 bits per heavy atom. The molecular formula is C19H13ClFN3O4. The summed E-state index contributed by atoms with van der Waals surface area (Å²) < 4.78 is 29.6. The van der Waals surface area contributed by atoms with E-state index in [1.165, 1.54) is 23.1 Å². The number of carbonyl (C=O) groups is 1. The molecular weight excluding hydrogens is 389 g/mol. The molecule has 0 spiro atoms. The second-order valence-corrected chi connectivity index (χ2v) is 6.93. The average Bonchev–Trinajstić information content (AvgIpc) is 3.42. The average molecular weight is 402 g/mol. The van der Waals surface area contributed by atoms with Crippen molar-refractivity contribution in [2.75, 3.05) is 18.2 Å². The maximum atomic E-state index is 13.6. The van der Waals surface area contributed by atoms with Crippen LogP contribution in [-0.4, -0.2) is 29.4 Å². The maximum Gasteiger partial charge on any atom is 0.258 e. The number of aromatic nitrogens is 2. The number of hydrogen-bond donors (Lipinski definition) is 0. The minimum absolute atomic E-state index is 0.174. The van der Waals surface area contributed by atoms with Crippen LogP contribution in [0.4, 0.5) is 10.1 Å². The van der Waals surface area contributed by atoms with E-state index in [1.807, 2.05) is 0 Å². The molecule has 5 rings (SSSR count). The highest BCUT2D eigenvalue weighted by atomic mass is 35.5. The Morgan fingerprint density at radius 1 is 1.14 bits per heavy atom. The lowest BCUT2D eigenvalue weighted by Gasteiger charge is -2.17. The number of benzene rings is 2. The van der Waals surface area contributed by atoms with Gasteiger partial charge in [-0.05, 0) is 36.4 Å². The van der Waals surface area contributed by atoms with Crippen LogP contribution >= 0.6 is 11.6 Å². The molecule has 0 radical (unpaired) electrons. The molecule has 1 aromatic heterocycles. The summed E-state index contributed by atoms with van der Waals surface area (Å²) in [7, 11) is 0. The fourth-order valence-corrected chi connectivity index (χ4v) is 3.57. The van der Waals surface area contributed by atoms with Gasteiger partial charge in [-0.1, -0.05) is 16.8 Å². The molecule has 0 aliphatic carbocycles. The van der Waals surface area contributed by atoms with Gasteiger partial charge in [-0.15, -0.1) is 0 Å². The molecule has 142 valence electrons. The van der Waals surface area contributed by atoms with Crippen LogP contribution in [0.25, 0.3) is 11.5 Å². The maximum absolute atomic E-state index is 13.6. The zero-order valence-electron chi connectivity index (χ0n) is 14.4. The van der Waals surface area contributed by atoms with E-state index in [0.29, 0.717) is 46.0 Å². The molecule has 2 aromatic carbocycles. The molecule has 2 aliphatic heterocycles. The largest absolute Gasteiger partial charge is 0.454 e. The highest BCUT2D eigenvalue weighted by Gasteiger charge is 2.35. The Morgan fingerprint density at radius 3 is 2.89 bits per heavy atom. The highest BCUT2D eigenvalue weighted by Crippen LogP contribution is 2.37. The van der Waals surface area contributed by atoms with Gasteiger partial charge in [-0.3, -0.25) is 4.79 Å². The number of amides is 1. The molecule has 1 unspecified atom stereocenters. The van der Waals surface area contributed by atoms with Gasteiger partial charge in [0.05, 0.1) is 10.7 Å². The normalized spacial score (nSPS) is 18.1. The van der Waals surface area contributed by atoms with Gasteiger partial charge in [0.1, 0.15) is 5.82 Å². The van der Waals surface area contributed by atoms with E-state index in [4.69, 9.17) is 25.6 Å². The lowest BCUT2D eigenvalue weighted by Crippen LogP contribution is -2.24. The van der Waals surface area contributed by atoms with E-state index in [2.05, 4.69) is 10.1 Å². The van der Waals surface area contributed by atoms with E-state index in [1.54, 1.807) is 18.2 Å². The Balaban J connectivity index is 1.39. The molecule has 1 fully saturated rings. The quantitative estimate of drug-likeness (QED) is 0.664. The first-order valence-electron chi connectivity index (χ1n) is 8.57. The predicted octanol–water partition coefficient (Wildman–Crippen LogP) is 3.78. The van der Waals surface area contributed by atoms with Crippen molar-refractivity contribution >= 4 is 23.2 Å². The number of ether oxygens (including phenoxy) is 2. The third-order valence-electron chi connectivity index (χ3n) is 4.75. The van der Waals surface area contributed by atoms with Crippen molar-refractivity contribution in [1.29, 1.82) is 0 Å². The van der Waals surface area contributed by atoms with Gasteiger partial charge in [-0.25, -0.2) is 4.39 Å². The van der Waals surface area contributed by atoms with Crippen LogP contribution in [0.3, 0.4) is 0 Å². The van der Waals surface area contributed by atoms with Crippen LogP contribution in [-0.2, 0) is 4.79 Å². The molecule has 0 saturated carbocycles. The van der Waals surface area contributed by atoms with Crippen LogP contribution in [0.2, 0.25) is 5.02 Å². The minimum Gasteiger partial charge on any atom is -0.454 e. The van der Waals surface area contributed by atoms with Crippen molar-refractivity contribution in [3.05, 3.63) is 53.1 Å². The van der Waals surface area contributed by atoms with Crippen molar-refractivity contribution in [3.63, 3.8) is 0 Å². The van der Waals surface area contributed by atoms with Crippen LogP contribution in [0.5, 0.6) is 11.5 Å². The number of halogens is 2. The number of rotatable bonds is 3. The molecule has 7 nitrogen and oxygen atoms in total. The molecule has 1 saturated heterocycles. The second kappa shape index (κ2) is 6.49. The van der Waals surface area contributed by atoms with Crippen LogP contribution in [0.15, 0.2) is 40.9 Å². The summed E-state index contributed by atoms with van der Waals surface area (Å²) in [6.45, 7) is 0.471. The van der Waals surface area contributed by atoms with Gasteiger partial charge in [0.25, 0.3) is 5.89 Å². The fourth-order valence-electron chi connectivity index (χ4n) is 3.35. The summed E-state index contributed by atoms with van der Waals surface area (Å²) in [5, 5.41) is 4.34. The smallest absolute Gasteiger partial charge is 0.258 e. The summed E-state index contributed by atoms with van der Waals surface area (Å²) >= 11 is 6.13. The fraction of sp³-hybridized carbons (Fsp3) is 0.211. The third-order valence-corrected chi connectivity index (χ3v) is 5.07. The Kier molecular flexibility index (Phi) is 3.94. The van der Waals surface area contributed by atoms with Crippen molar-refractivity contribution in [3.8, 4) is 23.0 Å². The minimum atomic E-state index is -0.458. The van der Waals surface area contributed by atoms with Crippen LogP contribution in [0, 0.1) is 5.82 Å². The topological polar surface area (TPSA) is 77.7 Å². The number of carbonyl (C=O) groups excluding carboxylic acids is 1. The number of nitrogens with zero attached hydrogens (tertiary/aromatic N) is 3. The van der Waals surface area contributed by atoms with Crippen molar-refractivity contribution in [2.45, 2.75) is 12.3 Å². The Labute approximate surface area is 163 Å². The summed E-state index contributed by atoms with van der Waals surface area (Å²) in [6, 6.07) is 9.26. The van der Waals surface area contributed by atoms with Crippen LogP contribution in [0.1, 0.15) is 18.2 Å². The van der Waals surface area contributed by atoms with Crippen LogP contribution < -0.4 is 14.4 Å². The van der Waals surface area contributed by atoms with E-state index < -0.39 is 5.82 Å². The Hall–Kier alpha value is -3.13. The SMILES string of the molecule is O=C1CC(c2noc(-c3ccc4c(c3)OCO4)n2)CN1c1cc(F)ccc1Cl.